The van der Waals surface area contributed by atoms with Crippen molar-refractivity contribution in [2.45, 2.75) is 25.5 Å². The van der Waals surface area contributed by atoms with E-state index in [1.54, 1.807) is 0 Å². The minimum atomic E-state index is -0.707. The first-order valence-electron chi connectivity index (χ1n) is 6.29. The van der Waals surface area contributed by atoms with Gasteiger partial charge in [0.2, 0.25) is 0 Å². The number of benzene rings is 1. The molecule has 0 amide bonds. The van der Waals surface area contributed by atoms with Crippen molar-refractivity contribution < 1.29 is 4.21 Å². The molecule has 1 unspecified atom stereocenters. The average molecular weight is 251 g/mol. The molecule has 0 radical (unpaired) electrons. The number of rotatable bonds is 5. The predicted octanol–water partition coefficient (Wildman–Crippen LogP) is 2.28. The molecule has 1 atom stereocenters. The Morgan fingerprint density at radius 2 is 1.94 bits per heavy atom. The normalized spacial score (nSPS) is 18.1. The fourth-order valence-corrected chi connectivity index (χ4v) is 3.42. The van der Waals surface area contributed by atoms with Crippen molar-refractivity contribution >= 4 is 10.8 Å². The molecule has 0 aliphatic carbocycles. The van der Waals surface area contributed by atoms with Gasteiger partial charge in [-0.1, -0.05) is 38.1 Å². The molecule has 3 heteroatoms. The second kappa shape index (κ2) is 5.78. The Hall–Kier alpha value is -0.670. The Labute approximate surface area is 106 Å². The van der Waals surface area contributed by atoms with Crippen LogP contribution in [0.2, 0.25) is 0 Å². The highest BCUT2D eigenvalue weighted by Crippen LogP contribution is 2.16. The first-order chi connectivity index (χ1) is 8.15. The standard InChI is InChI=1S/C14H21NOS/c1-11(2)14-5-3-12(4-6-14)9-17(16)10-13-7-15-8-13/h3-6,11,13,15H,7-10H2,1-2H3. The van der Waals surface area contributed by atoms with E-state index in [9.17, 15) is 4.21 Å². The van der Waals surface area contributed by atoms with Gasteiger partial charge in [0, 0.05) is 35.4 Å². The van der Waals surface area contributed by atoms with Gasteiger partial charge in [0.15, 0.2) is 0 Å². The molecule has 1 heterocycles. The lowest BCUT2D eigenvalue weighted by molar-refractivity contribution is 0.382. The third-order valence-electron chi connectivity index (χ3n) is 3.26. The van der Waals surface area contributed by atoms with Crippen molar-refractivity contribution in [1.29, 1.82) is 0 Å². The quantitative estimate of drug-likeness (QED) is 0.870. The van der Waals surface area contributed by atoms with Crippen LogP contribution in [0.1, 0.15) is 30.9 Å². The van der Waals surface area contributed by atoms with Gasteiger partial charge in [0.25, 0.3) is 0 Å². The van der Waals surface area contributed by atoms with E-state index in [0.717, 1.165) is 18.8 Å². The maximum atomic E-state index is 11.9. The Kier molecular flexibility index (Phi) is 4.35. The highest BCUT2D eigenvalue weighted by atomic mass is 32.2. The topological polar surface area (TPSA) is 29.1 Å². The molecule has 1 aromatic carbocycles. The molecule has 1 fully saturated rings. The van der Waals surface area contributed by atoms with E-state index >= 15 is 0 Å². The Balaban J connectivity index is 1.87. The van der Waals surface area contributed by atoms with Crippen LogP contribution < -0.4 is 5.32 Å². The van der Waals surface area contributed by atoms with Crippen LogP contribution in [0.3, 0.4) is 0 Å². The molecular weight excluding hydrogens is 230 g/mol. The second-order valence-electron chi connectivity index (χ2n) is 5.17. The summed E-state index contributed by atoms with van der Waals surface area (Å²) in [5, 5.41) is 3.22. The fourth-order valence-electron chi connectivity index (χ4n) is 1.97. The minimum Gasteiger partial charge on any atom is -0.316 e. The van der Waals surface area contributed by atoms with Gasteiger partial charge in [-0.15, -0.1) is 0 Å². The van der Waals surface area contributed by atoms with Crippen molar-refractivity contribution in [3.63, 3.8) is 0 Å². The van der Waals surface area contributed by atoms with E-state index in [-0.39, 0.29) is 0 Å². The zero-order chi connectivity index (χ0) is 12.3. The summed E-state index contributed by atoms with van der Waals surface area (Å²) in [7, 11) is -0.707. The third-order valence-corrected chi connectivity index (χ3v) is 4.76. The van der Waals surface area contributed by atoms with Crippen molar-refractivity contribution in [1.82, 2.24) is 5.32 Å². The molecule has 1 aliphatic rings. The van der Waals surface area contributed by atoms with Crippen molar-refractivity contribution in [3.05, 3.63) is 35.4 Å². The summed E-state index contributed by atoms with van der Waals surface area (Å²) in [6.07, 6.45) is 0. The highest BCUT2D eigenvalue weighted by Gasteiger charge is 2.19. The van der Waals surface area contributed by atoms with Crippen LogP contribution in [-0.2, 0) is 16.6 Å². The molecule has 1 aromatic rings. The summed E-state index contributed by atoms with van der Waals surface area (Å²) in [5.41, 5.74) is 2.54. The summed E-state index contributed by atoms with van der Waals surface area (Å²) in [5.74, 6) is 2.75. The van der Waals surface area contributed by atoms with Gasteiger partial charge in [-0.25, -0.2) is 0 Å². The first kappa shape index (κ1) is 12.8. The van der Waals surface area contributed by atoms with Gasteiger partial charge < -0.3 is 5.32 Å². The summed E-state index contributed by atoms with van der Waals surface area (Å²) in [6.45, 7) is 6.46. The molecule has 1 N–H and O–H groups in total. The van der Waals surface area contributed by atoms with Crippen LogP contribution in [-0.4, -0.2) is 23.1 Å². The molecule has 17 heavy (non-hydrogen) atoms. The molecule has 2 nitrogen and oxygen atoms in total. The molecule has 1 saturated heterocycles. The largest absolute Gasteiger partial charge is 0.316 e. The number of hydrogen-bond acceptors (Lipinski definition) is 2. The van der Waals surface area contributed by atoms with Crippen LogP contribution in [0, 0.1) is 5.92 Å². The lowest BCUT2D eigenvalue weighted by Gasteiger charge is -2.26. The zero-order valence-corrected chi connectivity index (χ0v) is 11.4. The summed E-state index contributed by atoms with van der Waals surface area (Å²) in [6, 6.07) is 8.54. The lowest BCUT2D eigenvalue weighted by atomic mass is 10.0. The van der Waals surface area contributed by atoms with Gasteiger partial charge in [-0.05, 0) is 23.0 Å². The van der Waals surface area contributed by atoms with E-state index in [1.807, 2.05) is 0 Å². The van der Waals surface area contributed by atoms with E-state index in [0.29, 0.717) is 17.6 Å². The molecule has 0 bridgehead atoms. The van der Waals surface area contributed by atoms with Crippen LogP contribution in [0.25, 0.3) is 0 Å². The fraction of sp³-hybridized carbons (Fsp3) is 0.571. The molecule has 1 aliphatic heterocycles. The number of hydrogen-bond donors (Lipinski definition) is 1. The van der Waals surface area contributed by atoms with Crippen LogP contribution in [0.5, 0.6) is 0 Å². The summed E-state index contributed by atoms with van der Waals surface area (Å²) >= 11 is 0. The first-order valence-corrected chi connectivity index (χ1v) is 7.78. The van der Waals surface area contributed by atoms with Gasteiger partial charge >= 0.3 is 0 Å². The van der Waals surface area contributed by atoms with Crippen molar-refractivity contribution in [3.8, 4) is 0 Å². The van der Waals surface area contributed by atoms with E-state index in [4.69, 9.17) is 0 Å². The van der Waals surface area contributed by atoms with E-state index in [1.165, 1.54) is 11.1 Å². The maximum Gasteiger partial charge on any atom is 0.0485 e. The smallest absolute Gasteiger partial charge is 0.0485 e. The summed E-state index contributed by atoms with van der Waals surface area (Å²) in [4.78, 5) is 0. The molecule has 0 saturated carbocycles. The predicted molar refractivity (Wildman–Crippen MR) is 73.6 cm³/mol. The van der Waals surface area contributed by atoms with Crippen LogP contribution in [0.15, 0.2) is 24.3 Å². The van der Waals surface area contributed by atoms with E-state index < -0.39 is 10.8 Å². The molecule has 94 valence electrons. The summed E-state index contributed by atoms with van der Waals surface area (Å²) < 4.78 is 11.9. The van der Waals surface area contributed by atoms with Crippen molar-refractivity contribution in [2.24, 2.45) is 5.92 Å². The third kappa shape index (κ3) is 3.65. The Morgan fingerprint density at radius 3 is 2.41 bits per heavy atom. The van der Waals surface area contributed by atoms with Crippen molar-refractivity contribution in [2.75, 3.05) is 18.8 Å². The lowest BCUT2D eigenvalue weighted by Crippen LogP contribution is -2.44. The van der Waals surface area contributed by atoms with Crippen LogP contribution in [0.4, 0.5) is 0 Å². The number of nitrogens with one attached hydrogen (secondary N) is 1. The molecule has 2 rings (SSSR count). The Bertz CT molecular complexity index is 382. The molecule has 0 spiro atoms. The monoisotopic (exact) mass is 251 g/mol. The molecular formula is C14H21NOS. The Morgan fingerprint density at radius 1 is 1.29 bits per heavy atom. The maximum absolute atomic E-state index is 11.9. The van der Waals surface area contributed by atoms with E-state index in [2.05, 4.69) is 43.4 Å². The van der Waals surface area contributed by atoms with Gasteiger partial charge in [0.05, 0.1) is 0 Å². The zero-order valence-electron chi connectivity index (χ0n) is 10.6. The minimum absolute atomic E-state index is 0.565. The van der Waals surface area contributed by atoms with Gasteiger partial charge in [0.1, 0.15) is 0 Å². The SMILES string of the molecule is CC(C)c1ccc(CS(=O)CC2CNC2)cc1. The average Bonchev–Trinajstić information content (AvgIpc) is 2.24. The van der Waals surface area contributed by atoms with Gasteiger partial charge in [-0.2, -0.15) is 0 Å². The second-order valence-corrected chi connectivity index (χ2v) is 6.67. The van der Waals surface area contributed by atoms with Crippen LogP contribution >= 0.6 is 0 Å². The highest BCUT2D eigenvalue weighted by molar-refractivity contribution is 7.84. The molecule has 0 aromatic heterocycles. The van der Waals surface area contributed by atoms with Gasteiger partial charge in [-0.3, -0.25) is 4.21 Å².